The summed E-state index contributed by atoms with van der Waals surface area (Å²) in [5, 5.41) is 4.29. The minimum absolute atomic E-state index is 0.0231. The molecule has 5 rings (SSSR count). The maximum absolute atomic E-state index is 12.9. The maximum atomic E-state index is 12.9. The van der Waals surface area contributed by atoms with Crippen LogP contribution in [-0.4, -0.2) is 46.9 Å². The first-order chi connectivity index (χ1) is 15.1. The fourth-order valence-electron chi connectivity index (χ4n) is 4.50. The van der Waals surface area contributed by atoms with Crippen molar-refractivity contribution in [1.82, 2.24) is 14.3 Å². The average Bonchev–Trinajstić information content (AvgIpc) is 3.24. The second-order valence-corrected chi connectivity index (χ2v) is 8.08. The van der Waals surface area contributed by atoms with E-state index < -0.39 is 0 Å². The molecule has 1 fully saturated rings. The zero-order chi connectivity index (χ0) is 21.4. The number of hydrogen-bond donors (Lipinski definition) is 0. The number of hydrogen-bond acceptors (Lipinski definition) is 5. The molecule has 2 aliphatic rings. The molecular formula is C24H27N3O4. The zero-order valence-corrected chi connectivity index (χ0v) is 18.0. The molecule has 3 aromatic rings. The van der Waals surface area contributed by atoms with Gasteiger partial charge in [0.1, 0.15) is 18.5 Å². The van der Waals surface area contributed by atoms with E-state index in [2.05, 4.69) is 30.2 Å². The highest BCUT2D eigenvalue weighted by Gasteiger charge is 2.24. The Kier molecular flexibility index (Phi) is 5.38. The molecule has 1 atom stereocenters. The standard InChI is InChI=1S/C24H27N3O4/c1-3-20-22(31-15-19-14-29-8-9-30-19)11-23(28)27-7-6-17-10-16(4-5-21(17)24(20)27)18-12-25-26(2)13-18/h4-5,10-13,19H,3,6-9,14-15H2,1-2H3/t19-/m0/s1. The molecule has 7 heteroatoms. The second-order valence-electron chi connectivity index (χ2n) is 8.08. The van der Waals surface area contributed by atoms with Crippen molar-refractivity contribution >= 4 is 0 Å². The fourth-order valence-corrected chi connectivity index (χ4v) is 4.50. The lowest BCUT2D eigenvalue weighted by Crippen LogP contribution is -2.34. The molecule has 0 bridgehead atoms. The number of pyridine rings is 1. The molecule has 1 saturated heterocycles. The molecule has 1 aromatic carbocycles. The van der Waals surface area contributed by atoms with Gasteiger partial charge in [0.25, 0.3) is 5.56 Å². The Balaban J connectivity index is 1.52. The predicted molar refractivity (Wildman–Crippen MR) is 117 cm³/mol. The van der Waals surface area contributed by atoms with Gasteiger partial charge in [0.15, 0.2) is 0 Å². The number of ether oxygens (including phenoxy) is 3. The summed E-state index contributed by atoms with van der Waals surface area (Å²) in [6.45, 7) is 4.87. The van der Waals surface area contributed by atoms with Crippen LogP contribution in [0.4, 0.5) is 0 Å². The van der Waals surface area contributed by atoms with Crippen LogP contribution in [0.2, 0.25) is 0 Å². The number of aromatic nitrogens is 3. The van der Waals surface area contributed by atoms with Crippen LogP contribution in [0.15, 0.2) is 41.5 Å². The molecule has 31 heavy (non-hydrogen) atoms. The van der Waals surface area contributed by atoms with E-state index in [-0.39, 0.29) is 11.7 Å². The first-order valence-electron chi connectivity index (χ1n) is 10.8. The third-order valence-corrected chi connectivity index (χ3v) is 6.04. The second kappa shape index (κ2) is 8.32. The van der Waals surface area contributed by atoms with E-state index in [4.69, 9.17) is 14.2 Å². The van der Waals surface area contributed by atoms with Gasteiger partial charge in [0.05, 0.1) is 31.7 Å². The van der Waals surface area contributed by atoms with E-state index in [9.17, 15) is 4.79 Å². The van der Waals surface area contributed by atoms with Gasteiger partial charge in [-0.2, -0.15) is 5.10 Å². The SMILES string of the molecule is CCc1c(OC[C@@H]2COCCO2)cc(=O)n2c1-c1ccc(-c3cnn(C)c3)cc1CC2. The zero-order valence-electron chi connectivity index (χ0n) is 18.0. The van der Waals surface area contributed by atoms with Gasteiger partial charge in [-0.25, -0.2) is 0 Å². The number of fused-ring (bicyclic) bond motifs is 3. The molecule has 0 amide bonds. The summed E-state index contributed by atoms with van der Waals surface area (Å²) in [5.74, 6) is 0.650. The first kappa shape index (κ1) is 20.0. The number of aryl methyl sites for hydroxylation is 2. The van der Waals surface area contributed by atoms with E-state index in [1.807, 2.05) is 28.7 Å². The van der Waals surface area contributed by atoms with Gasteiger partial charge in [-0.05, 0) is 24.0 Å². The highest BCUT2D eigenvalue weighted by Crippen LogP contribution is 2.37. The summed E-state index contributed by atoms with van der Waals surface area (Å²) in [6.07, 6.45) is 5.39. The van der Waals surface area contributed by atoms with E-state index in [0.717, 1.165) is 40.8 Å². The van der Waals surface area contributed by atoms with Crippen molar-refractivity contribution in [3.05, 3.63) is 58.1 Å². The van der Waals surface area contributed by atoms with Gasteiger partial charge in [-0.3, -0.25) is 9.48 Å². The lowest BCUT2D eigenvalue weighted by molar-refractivity contribution is -0.101. The van der Waals surface area contributed by atoms with Gasteiger partial charge >= 0.3 is 0 Å². The third kappa shape index (κ3) is 3.79. The van der Waals surface area contributed by atoms with Gasteiger partial charge in [-0.1, -0.05) is 25.1 Å². The minimum atomic E-state index is -0.105. The summed E-state index contributed by atoms with van der Waals surface area (Å²) in [4.78, 5) is 12.9. The van der Waals surface area contributed by atoms with E-state index >= 15 is 0 Å². The van der Waals surface area contributed by atoms with Crippen molar-refractivity contribution in [2.75, 3.05) is 26.4 Å². The van der Waals surface area contributed by atoms with Crippen LogP contribution in [0.25, 0.3) is 22.4 Å². The Morgan fingerprint density at radius 3 is 2.87 bits per heavy atom. The molecule has 0 aliphatic carbocycles. The molecular weight excluding hydrogens is 394 g/mol. The molecule has 0 radical (unpaired) electrons. The number of benzene rings is 1. The largest absolute Gasteiger partial charge is 0.490 e. The normalized spacial score (nSPS) is 17.8. The van der Waals surface area contributed by atoms with Crippen LogP contribution in [0.3, 0.4) is 0 Å². The van der Waals surface area contributed by atoms with Crippen LogP contribution in [0.5, 0.6) is 5.75 Å². The summed E-state index contributed by atoms with van der Waals surface area (Å²) in [5.41, 5.74) is 6.60. The quantitative estimate of drug-likeness (QED) is 0.634. The minimum Gasteiger partial charge on any atom is -0.490 e. The van der Waals surface area contributed by atoms with Gasteiger partial charge in [0.2, 0.25) is 0 Å². The monoisotopic (exact) mass is 421 g/mol. The number of rotatable bonds is 5. The third-order valence-electron chi connectivity index (χ3n) is 6.04. The maximum Gasteiger partial charge on any atom is 0.254 e. The van der Waals surface area contributed by atoms with Crippen LogP contribution in [-0.2, 0) is 35.9 Å². The lowest BCUT2D eigenvalue weighted by atomic mass is 9.91. The highest BCUT2D eigenvalue weighted by atomic mass is 16.6. The molecule has 2 aromatic heterocycles. The Bertz CT molecular complexity index is 1160. The summed E-state index contributed by atoms with van der Waals surface area (Å²) in [6, 6.07) is 8.08. The Morgan fingerprint density at radius 1 is 1.23 bits per heavy atom. The molecule has 0 saturated carbocycles. The van der Waals surface area contributed by atoms with Crippen molar-refractivity contribution in [2.45, 2.75) is 32.4 Å². The summed E-state index contributed by atoms with van der Waals surface area (Å²) < 4.78 is 20.9. The molecule has 0 spiro atoms. The van der Waals surface area contributed by atoms with Crippen LogP contribution in [0.1, 0.15) is 18.1 Å². The molecule has 2 aliphatic heterocycles. The van der Waals surface area contributed by atoms with Crippen molar-refractivity contribution in [2.24, 2.45) is 7.05 Å². The van der Waals surface area contributed by atoms with E-state index in [1.54, 1.807) is 6.07 Å². The predicted octanol–water partition coefficient (Wildman–Crippen LogP) is 2.83. The van der Waals surface area contributed by atoms with E-state index in [1.165, 1.54) is 5.56 Å². The van der Waals surface area contributed by atoms with Crippen molar-refractivity contribution in [1.29, 1.82) is 0 Å². The van der Waals surface area contributed by atoms with Crippen LogP contribution >= 0.6 is 0 Å². The molecule has 4 heterocycles. The first-order valence-corrected chi connectivity index (χ1v) is 10.8. The van der Waals surface area contributed by atoms with Gasteiger partial charge in [0, 0.05) is 42.5 Å². The molecule has 0 unspecified atom stereocenters. The summed E-state index contributed by atoms with van der Waals surface area (Å²) in [7, 11) is 1.92. The molecule has 162 valence electrons. The van der Waals surface area contributed by atoms with Crippen molar-refractivity contribution in [3.63, 3.8) is 0 Å². The fraction of sp³-hybridized carbons (Fsp3) is 0.417. The van der Waals surface area contributed by atoms with Crippen molar-refractivity contribution in [3.8, 4) is 28.1 Å². The Hall–Kier alpha value is -2.90. The van der Waals surface area contributed by atoms with E-state index in [0.29, 0.717) is 38.7 Å². The van der Waals surface area contributed by atoms with Crippen LogP contribution < -0.4 is 10.3 Å². The Morgan fingerprint density at radius 2 is 2.13 bits per heavy atom. The van der Waals surface area contributed by atoms with Gasteiger partial charge < -0.3 is 18.8 Å². The van der Waals surface area contributed by atoms with Crippen molar-refractivity contribution < 1.29 is 14.2 Å². The Labute approximate surface area is 181 Å². The topological polar surface area (TPSA) is 67.5 Å². The smallest absolute Gasteiger partial charge is 0.254 e. The molecule has 7 nitrogen and oxygen atoms in total. The highest BCUT2D eigenvalue weighted by molar-refractivity contribution is 5.75. The lowest BCUT2D eigenvalue weighted by Gasteiger charge is -2.27. The average molecular weight is 421 g/mol. The molecule has 0 N–H and O–H groups in total. The number of nitrogens with zero attached hydrogens (tertiary/aromatic N) is 3. The van der Waals surface area contributed by atoms with Crippen LogP contribution in [0, 0.1) is 0 Å². The van der Waals surface area contributed by atoms with Gasteiger partial charge in [-0.15, -0.1) is 0 Å². The summed E-state index contributed by atoms with van der Waals surface area (Å²) >= 11 is 0.